The molecule has 8 heteroatoms. The third kappa shape index (κ3) is 3.60. The summed E-state index contributed by atoms with van der Waals surface area (Å²) in [5.74, 6) is -1.88. The summed E-state index contributed by atoms with van der Waals surface area (Å²) < 4.78 is 27.3. The molecule has 1 heterocycles. The van der Waals surface area contributed by atoms with E-state index in [0.29, 0.717) is 18.7 Å². The van der Waals surface area contributed by atoms with E-state index in [4.69, 9.17) is 0 Å². The summed E-state index contributed by atoms with van der Waals surface area (Å²) in [5, 5.41) is 8.84. The first-order valence-electron chi connectivity index (χ1n) is 5.85. The molecule has 0 aliphatic heterocycles. The van der Waals surface area contributed by atoms with E-state index in [1.807, 2.05) is 0 Å². The van der Waals surface area contributed by atoms with Gasteiger partial charge >= 0.3 is 0 Å². The lowest BCUT2D eigenvalue weighted by molar-refractivity contribution is 0.0944. The molecule has 0 bridgehead atoms. The fourth-order valence-electron chi connectivity index (χ4n) is 1.66. The third-order valence-electron chi connectivity index (χ3n) is 2.57. The Labute approximate surface area is 121 Å². The van der Waals surface area contributed by atoms with Gasteiger partial charge in [-0.1, -0.05) is 15.9 Å². The molecule has 0 aliphatic rings. The Morgan fingerprint density at radius 3 is 2.65 bits per heavy atom. The van der Waals surface area contributed by atoms with Crippen LogP contribution in [-0.2, 0) is 6.42 Å². The number of halogens is 3. The molecule has 0 unspecified atom stereocenters. The Kier molecular flexibility index (Phi) is 4.78. The van der Waals surface area contributed by atoms with Crippen molar-refractivity contribution in [3.63, 3.8) is 0 Å². The molecular formula is C12H11BrF2N4O. The number of carbonyl (C=O) groups excluding carboxylic acids is 1. The third-order valence-corrected chi connectivity index (χ3v) is 3.03. The molecular weight excluding hydrogens is 334 g/mol. The zero-order valence-corrected chi connectivity index (χ0v) is 11.9. The van der Waals surface area contributed by atoms with Gasteiger partial charge in [0.05, 0.1) is 0 Å². The minimum absolute atomic E-state index is 0.245. The van der Waals surface area contributed by atoms with Crippen LogP contribution in [0.1, 0.15) is 22.6 Å². The molecule has 0 fully saturated rings. The average molecular weight is 345 g/mol. The highest BCUT2D eigenvalue weighted by Crippen LogP contribution is 2.19. The van der Waals surface area contributed by atoms with Gasteiger partial charge < -0.3 is 5.32 Å². The van der Waals surface area contributed by atoms with E-state index < -0.39 is 23.1 Å². The van der Waals surface area contributed by atoms with Gasteiger partial charge in [0.2, 0.25) is 0 Å². The SMILES string of the molecule is O=C(NCCCc1ncn[nH]1)c1c(F)cc(Br)cc1F. The monoisotopic (exact) mass is 344 g/mol. The van der Waals surface area contributed by atoms with Crippen LogP contribution in [0.25, 0.3) is 0 Å². The van der Waals surface area contributed by atoms with E-state index in [0.717, 1.165) is 12.1 Å². The van der Waals surface area contributed by atoms with Gasteiger partial charge in [-0.05, 0) is 18.6 Å². The molecule has 0 saturated heterocycles. The quantitative estimate of drug-likeness (QED) is 0.817. The van der Waals surface area contributed by atoms with Crippen LogP contribution in [0.2, 0.25) is 0 Å². The second-order valence-corrected chi connectivity index (χ2v) is 4.95. The van der Waals surface area contributed by atoms with Crippen LogP contribution in [0.15, 0.2) is 22.9 Å². The molecule has 0 saturated carbocycles. The van der Waals surface area contributed by atoms with E-state index >= 15 is 0 Å². The van der Waals surface area contributed by atoms with E-state index in [1.54, 1.807) is 0 Å². The van der Waals surface area contributed by atoms with Crippen molar-refractivity contribution in [1.29, 1.82) is 0 Å². The summed E-state index contributed by atoms with van der Waals surface area (Å²) in [6, 6.07) is 2.10. The molecule has 0 atom stereocenters. The standard InChI is InChI=1S/C12H11BrF2N4O/c13-7-4-8(14)11(9(15)5-7)12(20)16-3-1-2-10-17-6-18-19-10/h4-6H,1-3H2,(H,16,20)(H,17,18,19). The van der Waals surface area contributed by atoms with Gasteiger partial charge in [-0.15, -0.1) is 0 Å². The summed E-state index contributed by atoms with van der Waals surface area (Å²) >= 11 is 2.95. The van der Waals surface area contributed by atoms with Crippen molar-refractivity contribution in [2.45, 2.75) is 12.8 Å². The number of amides is 1. The van der Waals surface area contributed by atoms with E-state index in [9.17, 15) is 13.6 Å². The number of aromatic nitrogens is 3. The Morgan fingerprint density at radius 1 is 1.35 bits per heavy atom. The van der Waals surface area contributed by atoms with Crippen LogP contribution in [0, 0.1) is 11.6 Å². The first-order valence-corrected chi connectivity index (χ1v) is 6.64. The van der Waals surface area contributed by atoms with E-state index in [-0.39, 0.29) is 11.0 Å². The van der Waals surface area contributed by atoms with Crippen LogP contribution < -0.4 is 5.32 Å². The maximum absolute atomic E-state index is 13.5. The maximum Gasteiger partial charge on any atom is 0.257 e. The van der Waals surface area contributed by atoms with Gasteiger partial charge in [-0.25, -0.2) is 13.8 Å². The first kappa shape index (κ1) is 14.6. The largest absolute Gasteiger partial charge is 0.352 e. The molecule has 2 N–H and O–H groups in total. The minimum Gasteiger partial charge on any atom is -0.352 e. The topological polar surface area (TPSA) is 70.7 Å². The number of carbonyl (C=O) groups is 1. The maximum atomic E-state index is 13.5. The molecule has 0 radical (unpaired) electrons. The number of rotatable bonds is 5. The lowest BCUT2D eigenvalue weighted by Crippen LogP contribution is -2.26. The van der Waals surface area contributed by atoms with Crippen LogP contribution >= 0.6 is 15.9 Å². The number of H-pyrrole nitrogens is 1. The molecule has 2 aromatic rings. The Hall–Kier alpha value is -1.83. The van der Waals surface area contributed by atoms with Crippen molar-refractivity contribution in [2.24, 2.45) is 0 Å². The van der Waals surface area contributed by atoms with Crippen molar-refractivity contribution < 1.29 is 13.6 Å². The van der Waals surface area contributed by atoms with Gasteiger partial charge in [0.15, 0.2) is 0 Å². The summed E-state index contributed by atoms with van der Waals surface area (Å²) in [5.41, 5.74) is -0.576. The number of benzene rings is 1. The number of aryl methyl sites for hydroxylation is 1. The van der Waals surface area contributed by atoms with Gasteiger partial charge in [0.1, 0.15) is 29.3 Å². The highest BCUT2D eigenvalue weighted by atomic mass is 79.9. The molecule has 1 amide bonds. The normalized spacial score (nSPS) is 10.6. The summed E-state index contributed by atoms with van der Waals surface area (Å²) in [6.45, 7) is 0.286. The second kappa shape index (κ2) is 6.56. The van der Waals surface area contributed by atoms with Crippen molar-refractivity contribution in [1.82, 2.24) is 20.5 Å². The Morgan fingerprint density at radius 2 is 2.05 bits per heavy atom. The fraction of sp³-hybridized carbons (Fsp3) is 0.250. The summed E-state index contributed by atoms with van der Waals surface area (Å²) in [7, 11) is 0. The number of nitrogens with zero attached hydrogens (tertiary/aromatic N) is 2. The molecule has 0 aliphatic carbocycles. The van der Waals surface area contributed by atoms with Crippen molar-refractivity contribution in [3.05, 3.63) is 46.0 Å². The van der Waals surface area contributed by atoms with Crippen LogP contribution in [0.5, 0.6) is 0 Å². The van der Waals surface area contributed by atoms with Crippen molar-refractivity contribution in [2.75, 3.05) is 6.54 Å². The molecule has 1 aromatic heterocycles. The van der Waals surface area contributed by atoms with Crippen LogP contribution in [0.3, 0.4) is 0 Å². The highest BCUT2D eigenvalue weighted by Gasteiger charge is 2.17. The van der Waals surface area contributed by atoms with E-state index in [2.05, 4.69) is 36.4 Å². The van der Waals surface area contributed by atoms with E-state index in [1.165, 1.54) is 6.33 Å². The zero-order valence-electron chi connectivity index (χ0n) is 10.3. The smallest absolute Gasteiger partial charge is 0.257 e. The van der Waals surface area contributed by atoms with Crippen LogP contribution in [-0.4, -0.2) is 27.6 Å². The van der Waals surface area contributed by atoms with Crippen LogP contribution in [0.4, 0.5) is 8.78 Å². The lowest BCUT2D eigenvalue weighted by Gasteiger charge is -2.07. The zero-order chi connectivity index (χ0) is 14.5. The van der Waals surface area contributed by atoms with Gasteiger partial charge in [-0.3, -0.25) is 9.89 Å². The molecule has 106 valence electrons. The fourth-order valence-corrected chi connectivity index (χ4v) is 2.06. The molecule has 0 spiro atoms. The second-order valence-electron chi connectivity index (χ2n) is 4.04. The Bertz CT molecular complexity index is 581. The van der Waals surface area contributed by atoms with Gasteiger partial charge in [0, 0.05) is 17.4 Å². The number of hydrogen-bond acceptors (Lipinski definition) is 3. The predicted octanol–water partition coefficient (Wildman–Crippen LogP) is 2.21. The molecule has 20 heavy (non-hydrogen) atoms. The predicted molar refractivity (Wildman–Crippen MR) is 71.1 cm³/mol. The van der Waals surface area contributed by atoms with Gasteiger partial charge in [0.25, 0.3) is 5.91 Å². The highest BCUT2D eigenvalue weighted by molar-refractivity contribution is 9.10. The molecule has 1 aromatic carbocycles. The van der Waals surface area contributed by atoms with Crippen molar-refractivity contribution >= 4 is 21.8 Å². The number of aromatic amines is 1. The Balaban J connectivity index is 1.89. The number of nitrogens with one attached hydrogen (secondary N) is 2. The summed E-state index contributed by atoms with van der Waals surface area (Å²) in [6.07, 6.45) is 2.56. The summed E-state index contributed by atoms with van der Waals surface area (Å²) in [4.78, 5) is 15.6. The first-order chi connectivity index (χ1) is 9.58. The number of hydrogen-bond donors (Lipinski definition) is 2. The molecule has 2 rings (SSSR count). The lowest BCUT2D eigenvalue weighted by atomic mass is 10.2. The van der Waals surface area contributed by atoms with Gasteiger partial charge in [-0.2, -0.15) is 5.10 Å². The average Bonchev–Trinajstić information content (AvgIpc) is 2.86. The van der Waals surface area contributed by atoms with Crippen molar-refractivity contribution in [3.8, 4) is 0 Å². The molecule has 5 nitrogen and oxygen atoms in total. The minimum atomic E-state index is -0.899.